The summed E-state index contributed by atoms with van der Waals surface area (Å²) in [5, 5.41) is 0. The molecule has 0 N–H and O–H groups in total. The molecule has 10 heteroatoms. The van der Waals surface area contributed by atoms with Crippen molar-refractivity contribution in [2.24, 2.45) is 0 Å². The zero-order chi connectivity index (χ0) is 25.9. The Morgan fingerprint density at radius 3 is 2.69 bits per heavy atom. The minimum absolute atomic E-state index is 0.110. The zero-order valence-corrected chi connectivity index (χ0v) is 23.2. The van der Waals surface area contributed by atoms with Crippen LogP contribution in [0.25, 0.3) is 0 Å². The monoisotopic (exact) mass is 568 g/mol. The number of fused-ring (bicyclic) bond motifs is 1. The van der Waals surface area contributed by atoms with Gasteiger partial charge in [-0.2, -0.15) is 0 Å². The molecule has 2 heterocycles. The van der Waals surface area contributed by atoms with Crippen molar-refractivity contribution in [2.45, 2.75) is 70.7 Å². The van der Waals surface area contributed by atoms with Gasteiger partial charge < -0.3 is 33.5 Å². The van der Waals surface area contributed by atoms with E-state index >= 15 is 0 Å². The molecule has 0 radical (unpaired) electrons. The Hall–Kier alpha value is -2.04. The molecule has 1 aromatic carbocycles. The van der Waals surface area contributed by atoms with Crippen molar-refractivity contribution in [1.82, 2.24) is 9.80 Å². The van der Waals surface area contributed by atoms with Crippen molar-refractivity contribution in [2.75, 3.05) is 46.6 Å². The summed E-state index contributed by atoms with van der Waals surface area (Å²) in [7, 11) is 1.68. The second kappa shape index (κ2) is 11.6. The van der Waals surface area contributed by atoms with Gasteiger partial charge in [0.25, 0.3) is 5.91 Å². The molecule has 1 aromatic rings. The van der Waals surface area contributed by atoms with E-state index in [9.17, 15) is 9.59 Å². The molecule has 1 atom stereocenters. The second-order valence-electron chi connectivity index (χ2n) is 10.4. The molecule has 1 aliphatic carbocycles. The van der Waals surface area contributed by atoms with Crippen molar-refractivity contribution in [3.05, 3.63) is 21.7 Å². The van der Waals surface area contributed by atoms with Crippen molar-refractivity contribution in [1.29, 1.82) is 0 Å². The molecule has 0 unspecified atom stereocenters. The fourth-order valence-electron chi connectivity index (χ4n) is 4.40. The lowest BCUT2D eigenvalue weighted by atomic mass is 10.1. The normalized spacial score (nSPS) is 19.5. The van der Waals surface area contributed by atoms with Crippen LogP contribution >= 0.6 is 15.9 Å². The molecule has 0 bridgehead atoms. The first-order valence-corrected chi connectivity index (χ1v) is 13.5. The first kappa shape index (κ1) is 27.0. The summed E-state index contributed by atoms with van der Waals surface area (Å²) < 4.78 is 29.3. The lowest BCUT2D eigenvalue weighted by molar-refractivity contribution is -0.150. The van der Waals surface area contributed by atoms with Gasteiger partial charge in [-0.05, 0) is 61.2 Å². The van der Waals surface area contributed by atoms with Crippen LogP contribution in [0, 0.1) is 0 Å². The standard InChI is InChI=1S/C26H37BrN2O7/c1-26(2,3)36-25(31)28-9-13-34-21(16-28)24(30)29(18-6-7-18)15-17-14-20(33-11-5-10-32-4)19-8-12-35-23(19)22(17)27/h14,18,21H,5-13,15-16H2,1-4H3/t21-/m1/s1. The summed E-state index contributed by atoms with van der Waals surface area (Å²) in [5.74, 6) is 1.48. The van der Waals surface area contributed by atoms with Crippen molar-refractivity contribution < 1.29 is 33.3 Å². The third-order valence-electron chi connectivity index (χ3n) is 6.31. The average Bonchev–Trinajstić information content (AvgIpc) is 3.55. The van der Waals surface area contributed by atoms with Crippen LogP contribution in [-0.2, 0) is 32.0 Å². The van der Waals surface area contributed by atoms with Gasteiger partial charge in [-0.1, -0.05) is 0 Å². The number of benzene rings is 1. The molecule has 2 fully saturated rings. The third kappa shape index (κ3) is 6.63. The first-order chi connectivity index (χ1) is 17.2. The maximum atomic E-state index is 13.6. The highest BCUT2D eigenvalue weighted by atomic mass is 79.9. The van der Waals surface area contributed by atoms with Gasteiger partial charge >= 0.3 is 6.09 Å². The number of ether oxygens (including phenoxy) is 5. The largest absolute Gasteiger partial charge is 0.493 e. The lowest BCUT2D eigenvalue weighted by Crippen LogP contribution is -2.53. The smallest absolute Gasteiger partial charge is 0.410 e. The molecule has 2 amide bonds. The number of nitrogens with zero attached hydrogens (tertiary/aromatic N) is 2. The van der Waals surface area contributed by atoms with E-state index in [0.29, 0.717) is 39.5 Å². The molecule has 36 heavy (non-hydrogen) atoms. The van der Waals surface area contributed by atoms with Crippen molar-refractivity contribution >= 4 is 27.9 Å². The number of carbonyl (C=O) groups is 2. The first-order valence-electron chi connectivity index (χ1n) is 12.7. The van der Waals surface area contributed by atoms with Gasteiger partial charge in [-0.15, -0.1) is 0 Å². The molecule has 4 rings (SSSR count). The summed E-state index contributed by atoms with van der Waals surface area (Å²) in [6.45, 7) is 8.55. The van der Waals surface area contributed by atoms with Crippen LogP contribution in [0.1, 0.15) is 51.2 Å². The predicted octanol–water partition coefficient (Wildman–Crippen LogP) is 3.93. The lowest BCUT2D eigenvalue weighted by Gasteiger charge is -2.36. The minimum atomic E-state index is -0.721. The van der Waals surface area contributed by atoms with E-state index in [1.54, 1.807) is 12.0 Å². The Balaban J connectivity index is 1.49. The molecule has 200 valence electrons. The van der Waals surface area contributed by atoms with E-state index in [0.717, 1.165) is 52.8 Å². The molecule has 2 aliphatic heterocycles. The SMILES string of the molecule is COCCCOc1cc(CN(C(=O)[C@H]2CN(C(=O)OC(C)(C)C)CCO2)C2CC2)c(Br)c2c1CCO2. The Morgan fingerprint density at radius 1 is 1.22 bits per heavy atom. The fourth-order valence-corrected chi connectivity index (χ4v) is 5.00. The number of methoxy groups -OCH3 is 1. The van der Waals surface area contributed by atoms with Gasteiger partial charge in [0.05, 0.1) is 30.8 Å². The maximum Gasteiger partial charge on any atom is 0.410 e. The molecule has 9 nitrogen and oxygen atoms in total. The van der Waals surface area contributed by atoms with Crippen LogP contribution in [0.5, 0.6) is 11.5 Å². The Kier molecular flexibility index (Phi) is 8.67. The Labute approximate surface area is 221 Å². The summed E-state index contributed by atoms with van der Waals surface area (Å²) >= 11 is 3.72. The summed E-state index contributed by atoms with van der Waals surface area (Å²) in [4.78, 5) is 29.7. The van der Waals surface area contributed by atoms with E-state index in [4.69, 9.17) is 23.7 Å². The highest BCUT2D eigenvalue weighted by Gasteiger charge is 2.40. The summed E-state index contributed by atoms with van der Waals surface area (Å²) in [6, 6.07) is 2.17. The van der Waals surface area contributed by atoms with Crippen LogP contribution < -0.4 is 9.47 Å². The molecule has 3 aliphatic rings. The van der Waals surface area contributed by atoms with Crippen LogP contribution in [0.15, 0.2) is 10.5 Å². The van der Waals surface area contributed by atoms with Gasteiger partial charge in [-0.25, -0.2) is 4.79 Å². The quantitative estimate of drug-likeness (QED) is 0.417. The van der Waals surface area contributed by atoms with Gasteiger partial charge in [0.2, 0.25) is 0 Å². The number of rotatable bonds is 9. The summed E-state index contributed by atoms with van der Waals surface area (Å²) in [5.41, 5.74) is 1.38. The zero-order valence-electron chi connectivity index (χ0n) is 21.6. The minimum Gasteiger partial charge on any atom is -0.493 e. The number of carbonyl (C=O) groups excluding carboxylic acids is 2. The van der Waals surface area contributed by atoms with Crippen LogP contribution in [0.4, 0.5) is 4.79 Å². The van der Waals surface area contributed by atoms with Crippen molar-refractivity contribution in [3.8, 4) is 11.5 Å². The van der Waals surface area contributed by atoms with Gasteiger partial charge in [0.15, 0.2) is 6.10 Å². The highest BCUT2D eigenvalue weighted by Crippen LogP contribution is 2.43. The number of amides is 2. The number of morpholine rings is 1. The van der Waals surface area contributed by atoms with Crippen LogP contribution in [0.2, 0.25) is 0 Å². The van der Waals surface area contributed by atoms with Gasteiger partial charge in [-0.3, -0.25) is 4.79 Å². The van der Waals surface area contributed by atoms with Crippen LogP contribution in [-0.4, -0.2) is 86.2 Å². The summed E-state index contributed by atoms with van der Waals surface area (Å²) in [6.07, 6.45) is 2.34. The molecular weight excluding hydrogens is 532 g/mol. The molecule has 0 aromatic heterocycles. The topological polar surface area (TPSA) is 86.8 Å². The maximum absolute atomic E-state index is 13.6. The van der Waals surface area contributed by atoms with E-state index < -0.39 is 17.8 Å². The molecule has 0 spiro atoms. The van der Waals surface area contributed by atoms with E-state index in [-0.39, 0.29) is 18.5 Å². The molecular formula is C26H37BrN2O7. The predicted molar refractivity (Wildman–Crippen MR) is 136 cm³/mol. The third-order valence-corrected chi connectivity index (χ3v) is 7.18. The van der Waals surface area contributed by atoms with E-state index in [1.807, 2.05) is 31.7 Å². The van der Waals surface area contributed by atoms with Crippen LogP contribution in [0.3, 0.4) is 0 Å². The van der Waals surface area contributed by atoms with E-state index in [2.05, 4.69) is 15.9 Å². The number of hydrogen-bond donors (Lipinski definition) is 0. The van der Waals surface area contributed by atoms with Gasteiger partial charge in [0, 0.05) is 51.3 Å². The Bertz CT molecular complexity index is 961. The Morgan fingerprint density at radius 2 is 2.00 bits per heavy atom. The number of hydrogen-bond acceptors (Lipinski definition) is 7. The second-order valence-corrected chi connectivity index (χ2v) is 11.2. The number of halogens is 1. The molecule has 1 saturated heterocycles. The fraction of sp³-hybridized carbons (Fsp3) is 0.692. The van der Waals surface area contributed by atoms with Gasteiger partial charge in [0.1, 0.15) is 17.1 Å². The van der Waals surface area contributed by atoms with E-state index in [1.165, 1.54) is 0 Å². The average molecular weight is 569 g/mol. The highest BCUT2D eigenvalue weighted by molar-refractivity contribution is 9.10. The molecule has 1 saturated carbocycles. The van der Waals surface area contributed by atoms with Crippen molar-refractivity contribution in [3.63, 3.8) is 0 Å².